The summed E-state index contributed by atoms with van der Waals surface area (Å²) in [5.41, 5.74) is 0.732. The van der Waals surface area contributed by atoms with E-state index in [0.29, 0.717) is 0 Å². The fourth-order valence-electron chi connectivity index (χ4n) is 3.07. The van der Waals surface area contributed by atoms with Gasteiger partial charge in [0.25, 0.3) is 0 Å². The minimum absolute atomic E-state index is 0.333. The van der Waals surface area contributed by atoms with E-state index in [9.17, 15) is 0 Å². The summed E-state index contributed by atoms with van der Waals surface area (Å²) >= 11 is -0.333. The predicted molar refractivity (Wildman–Crippen MR) is 115 cm³/mol. The minimum atomic E-state index is -2.20. The van der Waals surface area contributed by atoms with Gasteiger partial charge in [0.2, 0.25) is 0 Å². The topological polar surface area (TPSA) is 25.8 Å². The summed E-state index contributed by atoms with van der Waals surface area (Å²) in [4.78, 5) is 8.44. The fourth-order valence-corrected chi connectivity index (χ4v) is 14.3. The predicted octanol–water partition coefficient (Wildman–Crippen LogP) is 3.51. The van der Waals surface area contributed by atoms with Gasteiger partial charge in [-0.3, -0.25) is 0 Å². The first-order valence-electron chi connectivity index (χ1n) is 8.90. The molecule has 3 aromatic carbocycles. The first-order valence-corrected chi connectivity index (χ1v) is 15.0. The van der Waals surface area contributed by atoms with Crippen molar-refractivity contribution in [3.8, 4) is 10.1 Å². The van der Waals surface area contributed by atoms with E-state index in [0.717, 1.165) is 5.69 Å². The van der Waals surface area contributed by atoms with Gasteiger partial charge in [0.05, 0.1) is 0 Å². The molecule has 4 rings (SSSR count). The summed E-state index contributed by atoms with van der Waals surface area (Å²) in [6.45, 7) is 0. The number of nitrogens with zero attached hydrogens (tertiary/aromatic N) is 2. The number of rotatable bonds is 4. The van der Waals surface area contributed by atoms with Crippen molar-refractivity contribution in [2.75, 3.05) is 0 Å². The van der Waals surface area contributed by atoms with Crippen LogP contribution in [0.4, 0.5) is 0 Å². The van der Waals surface area contributed by atoms with Crippen LogP contribution in [0.1, 0.15) is 5.69 Å². The summed E-state index contributed by atoms with van der Waals surface area (Å²) in [5, 5.41) is 2.01. The molecule has 0 saturated heterocycles. The van der Waals surface area contributed by atoms with Crippen LogP contribution in [0.3, 0.4) is 0 Å². The fraction of sp³-hybridized carbons (Fsp3) is 0. The molecule has 0 bridgehead atoms. The third kappa shape index (κ3) is 3.99. The Balaban J connectivity index is 1.90. The van der Waals surface area contributed by atoms with Crippen LogP contribution in [0.15, 0.2) is 110 Å². The molecule has 0 aliphatic carbocycles. The molecule has 0 aliphatic rings. The maximum atomic E-state index is 4.31. The number of aromatic nitrogens is 2. The van der Waals surface area contributed by atoms with E-state index in [2.05, 4.69) is 111 Å². The quantitative estimate of drug-likeness (QED) is 0.216. The van der Waals surface area contributed by atoms with Crippen molar-refractivity contribution in [2.24, 2.45) is 0 Å². The second kappa shape index (κ2) is 9.11. The molecular formula is C24H19AuN2P. The van der Waals surface area contributed by atoms with Crippen LogP contribution in [0.2, 0.25) is 0 Å². The van der Waals surface area contributed by atoms with Crippen molar-refractivity contribution < 1.29 is 19.2 Å². The van der Waals surface area contributed by atoms with Gasteiger partial charge in [0.1, 0.15) is 0 Å². The van der Waals surface area contributed by atoms with Crippen LogP contribution in [0.25, 0.3) is 0 Å². The van der Waals surface area contributed by atoms with E-state index in [1.54, 1.807) is 18.6 Å². The summed E-state index contributed by atoms with van der Waals surface area (Å²) in [6, 6.07) is 32.7. The van der Waals surface area contributed by atoms with Crippen LogP contribution in [0, 0.1) is 10.1 Å². The van der Waals surface area contributed by atoms with Gasteiger partial charge >= 0.3 is 176 Å². The average molecular weight is 563 g/mol. The van der Waals surface area contributed by atoms with E-state index in [1.165, 1.54) is 15.9 Å². The third-order valence-corrected chi connectivity index (χ3v) is 17.0. The van der Waals surface area contributed by atoms with Crippen molar-refractivity contribution in [3.05, 3.63) is 115 Å². The van der Waals surface area contributed by atoms with E-state index in [1.807, 2.05) is 0 Å². The van der Waals surface area contributed by atoms with Crippen LogP contribution in [0.5, 0.6) is 0 Å². The van der Waals surface area contributed by atoms with Gasteiger partial charge in [-0.1, -0.05) is 0 Å². The van der Waals surface area contributed by atoms with Crippen molar-refractivity contribution in [2.45, 2.75) is 0 Å². The molecule has 28 heavy (non-hydrogen) atoms. The Morgan fingerprint density at radius 3 is 1.57 bits per heavy atom. The van der Waals surface area contributed by atoms with Gasteiger partial charge in [0, 0.05) is 0 Å². The van der Waals surface area contributed by atoms with Crippen LogP contribution < -0.4 is 15.9 Å². The molecule has 0 unspecified atom stereocenters. The summed E-state index contributed by atoms with van der Waals surface area (Å²) < 4.78 is 3.54. The molecule has 4 heteroatoms. The zero-order valence-electron chi connectivity index (χ0n) is 15.1. The second-order valence-corrected chi connectivity index (χ2v) is 16.2. The maximum absolute atomic E-state index is 4.31. The van der Waals surface area contributed by atoms with E-state index in [4.69, 9.17) is 0 Å². The summed E-state index contributed by atoms with van der Waals surface area (Å²) in [6.07, 6.45) is 5.10. The second-order valence-electron chi connectivity index (χ2n) is 6.07. The van der Waals surface area contributed by atoms with Crippen molar-refractivity contribution in [1.82, 2.24) is 9.97 Å². The molecule has 0 N–H and O–H groups in total. The molecule has 1 aromatic heterocycles. The molecule has 0 amide bonds. The molecule has 0 atom stereocenters. The number of hydrogen-bond donors (Lipinski definition) is 0. The van der Waals surface area contributed by atoms with Gasteiger partial charge in [-0.25, -0.2) is 0 Å². The molecule has 1 heterocycles. The zero-order valence-corrected chi connectivity index (χ0v) is 18.3. The standard InChI is InChI=1S/C18H15P.C6H3N2.Au/c1-4-10-16(11-5-1)19(17-12-6-2-7-13-17)18-14-8-3-9-15-18;1-2-6-5-7-3-4-8-6;/h1-15H;3-5H;/q;;-1/p+1. The Labute approximate surface area is 175 Å². The van der Waals surface area contributed by atoms with Crippen molar-refractivity contribution in [1.29, 1.82) is 0 Å². The van der Waals surface area contributed by atoms with E-state index >= 15 is 0 Å². The van der Waals surface area contributed by atoms with Crippen molar-refractivity contribution >= 4 is 21.1 Å². The Kier molecular flexibility index (Phi) is 6.12. The van der Waals surface area contributed by atoms with Crippen molar-refractivity contribution in [3.63, 3.8) is 0 Å². The Bertz CT molecular complexity index is 980. The molecular weight excluding hydrogens is 544 g/mol. The Morgan fingerprint density at radius 1 is 0.643 bits per heavy atom. The first-order chi connectivity index (χ1) is 13.9. The average Bonchev–Trinajstić information content (AvgIpc) is 2.79. The van der Waals surface area contributed by atoms with Crippen LogP contribution in [-0.4, -0.2) is 9.97 Å². The molecule has 141 valence electrons. The van der Waals surface area contributed by atoms with Gasteiger partial charge in [-0.05, 0) is 0 Å². The molecule has 0 radical (unpaired) electrons. The molecule has 0 aliphatic heterocycles. The van der Waals surface area contributed by atoms with Gasteiger partial charge in [0.15, 0.2) is 0 Å². The normalized spacial score (nSPS) is 11.4. The molecule has 4 aromatic rings. The van der Waals surface area contributed by atoms with E-state index < -0.39 is 5.15 Å². The van der Waals surface area contributed by atoms with E-state index in [-0.39, 0.29) is 19.2 Å². The van der Waals surface area contributed by atoms with Gasteiger partial charge in [-0.15, -0.1) is 0 Å². The molecule has 0 fully saturated rings. The molecule has 0 saturated carbocycles. The zero-order chi connectivity index (χ0) is 19.1. The number of hydrogen-bond acceptors (Lipinski definition) is 2. The van der Waals surface area contributed by atoms with Crippen LogP contribution in [-0.2, 0) is 19.2 Å². The Hall–Kier alpha value is -2.53. The molecule has 2 nitrogen and oxygen atoms in total. The van der Waals surface area contributed by atoms with Gasteiger partial charge in [-0.2, -0.15) is 0 Å². The van der Waals surface area contributed by atoms with Gasteiger partial charge < -0.3 is 0 Å². The number of benzene rings is 3. The summed E-state index contributed by atoms with van der Waals surface area (Å²) in [5.74, 6) is 3.26. The summed E-state index contributed by atoms with van der Waals surface area (Å²) in [7, 11) is 0. The Morgan fingerprint density at radius 2 is 1.14 bits per heavy atom. The molecule has 0 spiro atoms. The monoisotopic (exact) mass is 563 g/mol. The third-order valence-electron chi connectivity index (χ3n) is 4.33. The SMILES string of the molecule is [C](#Cc1cnccn1)[Au][PH](c1ccccc1)(c1ccccc1)c1ccccc1. The first kappa shape index (κ1) is 18.8. The van der Waals surface area contributed by atoms with Crippen LogP contribution >= 0.6 is 5.15 Å².